The maximum absolute atomic E-state index is 13.8. The molecule has 1 aromatic rings. The largest absolute Gasteiger partial charge is 0.390 e. The molecule has 2 fully saturated rings. The maximum Gasteiger partial charge on any atom is 0.243 e. The second-order valence-electron chi connectivity index (χ2n) is 6.30. The highest BCUT2D eigenvalue weighted by Crippen LogP contribution is 2.26. The average molecular weight is 358 g/mol. The lowest BCUT2D eigenvalue weighted by Crippen LogP contribution is -2.58. The van der Waals surface area contributed by atoms with Gasteiger partial charge in [-0.05, 0) is 25.0 Å². The number of ether oxygens (including phenoxy) is 1. The summed E-state index contributed by atoms with van der Waals surface area (Å²) >= 11 is 0. The van der Waals surface area contributed by atoms with Crippen LogP contribution >= 0.6 is 0 Å². The van der Waals surface area contributed by atoms with Crippen LogP contribution in [0.5, 0.6) is 0 Å². The van der Waals surface area contributed by atoms with E-state index in [0.29, 0.717) is 19.6 Å². The molecule has 0 radical (unpaired) electrons. The Labute approximate surface area is 141 Å². The highest BCUT2D eigenvalue weighted by atomic mass is 32.2. The number of nitrogens with one attached hydrogen (secondary N) is 1. The number of nitrogens with zero attached hydrogens (tertiary/aromatic N) is 1. The van der Waals surface area contributed by atoms with Crippen LogP contribution in [0, 0.1) is 5.82 Å². The monoisotopic (exact) mass is 358 g/mol. The zero-order valence-electron chi connectivity index (χ0n) is 13.4. The maximum atomic E-state index is 13.8. The van der Waals surface area contributed by atoms with Gasteiger partial charge in [-0.3, -0.25) is 4.90 Å². The molecule has 0 spiro atoms. The Hall–Kier alpha value is -1.06. The lowest BCUT2D eigenvalue weighted by molar-refractivity contribution is -0.0441. The molecule has 1 saturated carbocycles. The van der Waals surface area contributed by atoms with Crippen molar-refractivity contribution in [1.29, 1.82) is 0 Å². The summed E-state index contributed by atoms with van der Waals surface area (Å²) in [4.78, 5) is 1.77. The number of rotatable bonds is 4. The van der Waals surface area contributed by atoms with Gasteiger partial charge in [0.15, 0.2) is 0 Å². The standard InChI is InChI=1S/C16H23FN2O4S/c17-12-4-1-2-7-15(12)24(21,22)18-13-5-3-6-14(16(13)20)19-8-10-23-11-9-19/h1-2,4,7,13-14,16,18,20H,3,5-6,8-11H2/t13-,14-,16-/m1/s1. The van der Waals surface area contributed by atoms with E-state index in [-0.39, 0.29) is 10.9 Å². The highest BCUT2D eigenvalue weighted by Gasteiger charge is 2.38. The number of hydrogen-bond donors (Lipinski definition) is 2. The van der Waals surface area contributed by atoms with Gasteiger partial charge >= 0.3 is 0 Å². The van der Waals surface area contributed by atoms with Crippen LogP contribution in [0.15, 0.2) is 29.2 Å². The smallest absolute Gasteiger partial charge is 0.243 e. The minimum atomic E-state index is -4.01. The third kappa shape index (κ3) is 3.78. The minimum Gasteiger partial charge on any atom is -0.390 e. The van der Waals surface area contributed by atoms with Crippen LogP contribution in [0.25, 0.3) is 0 Å². The number of benzene rings is 1. The van der Waals surface area contributed by atoms with Gasteiger partial charge < -0.3 is 9.84 Å². The normalized spacial score (nSPS) is 29.5. The molecule has 24 heavy (non-hydrogen) atoms. The van der Waals surface area contributed by atoms with Crippen molar-refractivity contribution in [2.45, 2.75) is 42.3 Å². The van der Waals surface area contributed by atoms with Crippen LogP contribution in [-0.2, 0) is 14.8 Å². The Balaban J connectivity index is 1.73. The van der Waals surface area contributed by atoms with Crippen LogP contribution in [0.3, 0.4) is 0 Å². The molecule has 0 bridgehead atoms. The van der Waals surface area contributed by atoms with E-state index in [1.165, 1.54) is 18.2 Å². The van der Waals surface area contributed by atoms with Crippen LogP contribution < -0.4 is 4.72 Å². The summed E-state index contributed by atoms with van der Waals surface area (Å²) in [7, 11) is -4.01. The van der Waals surface area contributed by atoms with Crippen molar-refractivity contribution >= 4 is 10.0 Å². The third-order valence-corrected chi connectivity index (χ3v) is 6.29. The molecule has 2 N–H and O–H groups in total. The van der Waals surface area contributed by atoms with Gasteiger partial charge in [0.05, 0.1) is 19.3 Å². The van der Waals surface area contributed by atoms with E-state index in [1.54, 1.807) is 0 Å². The Kier molecular flexibility index (Phi) is 5.51. The summed E-state index contributed by atoms with van der Waals surface area (Å²) in [5.41, 5.74) is 0. The first kappa shape index (κ1) is 17.8. The second kappa shape index (κ2) is 7.45. The molecule has 3 rings (SSSR count). The third-order valence-electron chi connectivity index (χ3n) is 4.77. The molecule has 1 saturated heterocycles. The molecular formula is C16H23FN2O4S. The summed E-state index contributed by atoms with van der Waals surface area (Å²) in [5.74, 6) is -0.792. The lowest BCUT2D eigenvalue weighted by atomic mass is 9.87. The quantitative estimate of drug-likeness (QED) is 0.829. The number of aliphatic hydroxyl groups excluding tert-OH is 1. The summed E-state index contributed by atoms with van der Waals surface area (Å²) in [5, 5.41) is 10.7. The van der Waals surface area contributed by atoms with Crippen molar-refractivity contribution in [1.82, 2.24) is 9.62 Å². The fourth-order valence-corrected chi connectivity index (χ4v) is 4.88. The van der Waals surface area contributed by atoms with Crippen LogP contribution in [0.2, 0.25) is 0 Å². The first-order valence-corrected chi connectivity index (χ1v) is 9.74. The number of aliphatic hydroxyl groups is 1. The summed E-state index contributed by atoms with van der Waals surface area (Å²) in [6, 6.07) is 4.55. The predicted octanol–water partition coefficient (Wildman–Crippen LogP) is 0.718. The first-order valence-electron chi connectivity index (χ1n) is 8.26. The zero-order valence-corrected chi connectivity index (χ0v) is 14.2. The van der Waals surface area contributed by atoms with Crippen molar-refractivity contribution < 1.29 is 22.7 Å². The molecule has 6 nitrogen and oxygen atoms in total. The Bertz CT molecular complexity index is 664. The van der Waals surface area contributed by atoms with Gasteiger partial charge in [-0.1, -0.05) is 18.6 Å². The van der Waals surface area contributed by atoms with Crippen LogP contribution in [0.1, 0.15) is 19.3 Å². The Morgan fingerprint density at radius 1 is 1.21 bits per heavy atom. The van der Waals surface area contributed by atoms with Gasteiger partial charge in [-0.15, -0.1) is 0 Å². The van der Waals surface area contributed by atoms with Gasteiger partial charge in [0.25, 0.3) is 0 Å². The summed E-state index contributed by atoms with van der Waals surface area (Å²) in [6.45, 7) is 2.70. The first-order chi connectivity index (χ1) is 11.5. The minimum absolute atomic E-state index is 0.101. The SMILES string of the molecule is O=S(=O)(N[C@@H]1CCC[C@@H](N2CCOCC2)[C@@H]1O)c1ccccc1F. The van der Waals surface area contributed by atoms with Gasteiger partial charge in [0, 0.05) is 25.2 Å². The zero-order chi connectivity index (χ0) is 17.2. The van der Waals surface area contributed by atoms with E-state index in [2.05, 4.69) is 9.62 Å². The second-order valence-corrected chi connectivity index (χ2v) is 7.98. The Morgan fingerprint density at radius 3 is 2.62 bits per heavy atom. The average Bonchev–Trinajstić information content (AvgIpc) is 2.57. The molecule has 1 aromatic carbocycles. The number of sulfonamides is 1. The summed E-state index contributed by atoms with van der Waals surface area (Å²) in [6.07, 6.45) is 1.34. The molecule has 0 amide bonds. The van der Waals surface area contributed by atoms with E-state index >= 15 is 0 Å². The van der Waals surface area contributed by atoms with E-state index in [4.69, 9.17) is 4.74 Å². The molecule has 1 aliphatic carbocycles. The fourth-order valence-electron chi connectivity index (χ4n) is 3.52. The number of halogens is 1. The predicted molar refractivity (Wildman–Crippen MR) is 86.5 cm³/mol. The molecule has 0 aromatic heterocycles. The highest BCUT2D eigenvalue weighted by molar-refractivity contribution is 7.89. The van der Waals surface area contributed by atoms with Crippen LogP contribution in [-0.4, -0.2) is 62.9 Å². The molecule has 1 heterocycles. The van der Waals surface area contributed by atoms with Gasteiger partial charge in [0.1, 0.15) is 10.7 Å². The molecule has 3 atom stereocenters. The summed E-state index contributed by atoms with van der Waals surface area (Å²) < 4.78 is 46.5. The van der Waals surface area contributed by atoms with E-state index < -0.39 is 28.0 Å². The van der Waals surface area contributed by atoms with Gasteiger partial charge in [0.2, 0.25) is 10.0 Å². The molecular weight excluding hydrogens is 335 g/mol. The molecule has 0 unspecified atom stereocenters. The van der Waals surface area contributed by atoms with Gasteiger partial charge in [-0.2, -0.15) is 0 Å². The molecule has 2 aliphatic rings. The molecule has 1 aliphatic heterocycles. The lowest BCUT2D eigenvalue weighted by Gasteiger charge is -2.42. The van der Waals surface area contributed by atoms with E-state index in [9.17, 15) is 17.9 Å². The van der Waals surface area contributed by atoms with Gasteiger partial charge in [-0.25, -0.2) is 17.5 Å². The van der Waals surface area contributed by atoms with Crippen molar-refractivity contribution in [2.75, 3.05) is 26.3 Å². The topological polar surface area (TPSA) is 78.9 Å². The van der Waals surface area contributed by atoms with Crippen molar-refractivity contribution in [3.05, 3.63) is 30.1 Å². The Morgan fingerprint density at radius 2 is 1.92 bits per heavy atom. The molecule has 8 heteroatoms. The van der Waals surface area contributed by atoms with E-state index in [1.807, 2.05) is 0 Å². The molecule has 134 valence electrons. The van der Waals surface area contributed by atoms with Crippen molar-refractivity contribution in [3.63, 3.8) is 0 Å². The van der Waals surface area contributed by atoms with Crippen LogP contribution in [0.4, 0.5) is 4.39 Å². The number of morpholine rings is 1. The fraction of sp³-hybridized carbons (Fsp3) is 0.625. The van der Waals surface area contributed by atoms with E-state index in [0.717, 1.165) is 32.0 Å². The number of hydrogen-bond acceptors (Lipinski definition) is 5. The van der Waals surface area contributed by atoms with Crippen molar-refractivity contribution in [3.8, 4) is 0 Å². The van der Waals surface area contributed by atoms with Crippen molar-refractivity contribution in [2.24, 2.45) is 0 Å².